The third-order valence-electron chi connectivity index (χ3n) is 1.74. The van der Waals surface area contributed by atoms with Crippen LogP contribution in [0.15, 0.2) is 30.9 Å². The molecule has 0 heterocycles. The highest BCUT2D eigenvalue weighted by atomic mass is 35.5. The van der Waals surface area contributed by atoms with Crippen LogP contribution in [0.4, 0.5) is 13.2 Å². The fraction of sp³-hybridized carbons (Fsp3) is 0.100. The summed E-state index contributed by atoms with van der Waals surface area (Å²) in [6, 6.07) is 2.58. The Morgan fingerprint density at radius 2 is 2.00 bits per heavy atom. The van der Waals surface area contributed by atoms with Crippen LogP contribution in [0.1, 0.15) is 15.9 Å². The predicted octanol–water partition coefficient (Wildman–Crippen LogP) is 3.73. The van der Waals surface area contributed by atoms with Crippen molar-refractivity contribution in [2.45, 2.75) is 6.18 Å². The minimum absolute atomic E-state index is 0.0205. The molecule has 80 valence electrons. The number of hydrogen-bond donors (Lipinski definition) is 0. The first kappa shape index (κ1) is 11.8. The lowest BCUT2D eigenvalue weighted by molar-refractivity contribution is -0.137. The average molecular weight is 235 g/mol. The van der Waals surface area contributed by atoms with Gasteiger partial charge in [-0.05, 0) is 24.3 Å². The molecule has 0 saturated carbocycles. The maximum atomic E-state index is 12.3. The second-order valence-electron chi connectivity index (χ2n) is 2.76. The molecule has 15 heavy (non-hydrogen) atoms. The Morgan fingerprint density at radius 3 is 2.47 bits per heavy atom. The maximum absolute atomic E-state index is 12.3. The molecule has 1 aromatic rings. The van der Waals surface area contributed by atoms with Crippen LogP contribution in [-0.2, 0) is 6.18 Å². The first-order valence-electron chi connectivity index (χ1n) is 3.90. The van der Waals surface area contributed by atoms with Gasteiger partial charge >= 0.3 is 6.18 Å². The number of benzene rings is 1. The quantitative estimate of drug-likeness (QED) is 0.563. The van der Waals surface area contributed by atoms with E-state index in [1.165, 1.54) is 0 Å². The van der Waals surface area contributed by atoms with Crippen molar-refractivity contribution in [2.75, 3.05) is 0 Å². The summed E-state index contributed by atoms with van der Waals surface area (Å²) in [4.78, 5) is 11.1. The number of rotatable bonds is 2. The van der Waals surface area contributed by atoms with Gasteiger partial charge in [0.05, 0.1) is 10.6 Å². The molecule has 0 aliphatic rings. The lowest BCUT2D eigenvalue weighted by Crippen LogP contribution is -2.07. The molecule has 0 N–H and O–H groups in total. The van der Waals surface area contributed by atoms with E-state index in [0.29, 0.717) is 6.07 Å². The van der Waals surface area contributed by atoms with Crippen molar-refractivity contribution < 1.29 is 18.0 Å². The van der Waals surface area contributed by atoms with E-state index in [0.717, 1.165) is 18.2 Å². The molecule has 0 amide bonds. The zero-order valence-corrected chi connectivity index (χ0v) is 8.19. The first-order valence-corrected chi connectivity index (χ1v) is 4.27. The van der Waals surface area contributed by atoms with Crippen LogP contribution >= 0.6 is 11.6 Å². The number of alkyl halides is 3. The highest BCUT2D eigenvalue weighted by Gasteiger charge is 2.31. The molecule has 0 unspecified atom stereocenters. The summed E-state index contributed by atoms with van der Waals surface area (Å²) in [5.74, 6) is -0.633. The van der Waals surface area contributed by atoms with E-state index in [1.807, 2.05) is 0 Å². The molecular formula is C10H6ClF3O. The van der Waals surface area contributed by atoms with E-state index in [-0.39, 0.29) is 10.6 Å². The fourth-order valence-electron chi connectivity index (χ4n) is 1.00. The summed E-state index contributed by atoms with van der Waals surface area (Å²) in [6.07, 6.45) is -3.57. The lowest BCUT2D eigenvalue weighted by atomic mass is 10.1. The highest BCUT2D eigenvalue weighted by Crippen LogP contribution is 2.31. The molecule has 0 saturated heterocycles. The van der Waals surface area contributed by atoms with Crippen LogP contribution in [0.2, 0.25) is 5.02 Å². The van der Waals surface area contributed by atoms with Gasteiger partial charge in [0.2, 0.25) is 0 Å². The van der Waals surface area contributed by atoms with Gasteiger partial charge in [0.25, 0.3) is 0 Å². The highest BCUT2D eigenvalue weighted by molar-refractivity contribution is 6.34. The SMILES string of the molecule is C=CC(=O)c1cc(C(F)(F)F)ccc1Cl. The topological polar surface area (TPSA) is 17.1 Å². The van der Waals surface area contributed by atoms with Gasteiger partial charge in [0, 0.05) is 5.56 Å². The molecule has 1 rings (SSSR count). The molecule has 0 fully saturated rings. The second kappa shape index (κ2) is 4.06. The van der Waals surface area contributed by atoms with Gasteiger partial charge in [-0.1, -0.05) is 18.2 Å². The van der Waals surface area contributed by atoms with Crippen molar-refractivity contribution in [3.05, 3.63) is 47.0 Å². The molecule has 0 aliphatic heterocycles. The van der Waals surface area contributed by atoms with E-state index in [2.05, 4.69) is 6.58 Å². The smallest absolute Gasteiger partial charge is 0.289 e. The van der Waals surface area contributed by atoms with Crippen molar-refractivity contribution in [3.8, 4) is 0 Å². The van der Waals surface area contributed by atoms with Crippen molar-refractivity contribution in [1.82, 2.24) is 0 Å². The third-order valence-corrected chi connectivity index (χ3v) is 2.07. The Hall–Kier alpha value is -1.29. The number of halogens is 4. The molecule has 0 radical (unpaired) electrons. The predicted molar refractivity (Wildman–Crippen MR) is 51.0 cm³/mol. The van der Waals surface area contributed by atoms with Gasteiger partial charge in [0.15, 0.2) is 5.78 Å². The molecule has 0 aromatic heterocycles. The van der Waals surface area contributed by atoms with Crippen molar-refractivity contribution in [2.24, 2.45) is 0 Å². The van der Waals surface area contributed by atoms with E-state index >= 15 is 0 Å². The third kappa shape index (κ3) is 2.59. The minimum Gasteiger partial charge on any atom is -0.289 e. The van der Waals surface area contributed by atoms with Crippen LogP contribution in [0.25, 0.3) is 0 Å². The molecule has 0 atom stereocenters. The number of ketones is 1. The van der Waals surface area contributed by atoms with E-state index in [9.17, 15) is 18.0 Å². The summed E-state index contributed by atoms with van der Waals surface area (Å²) in [5.41, 5.74) is -1.10. The van der Waals surface area contributed by atoms with Crippen LogP contribution in [0.3, 0.4) is 0 Å². The summed E-state index contributed by atoms with van der Waals surface area (Å²) in [5, 5.41) is -0.0205. The second-order valence-corrected chi connectivity index (χ2v) is 3.17. The molecule has 0 spiro atoms. The minimum atomic E-state index is -4.49. The lowest BCUT2D eigenvalue weighted by Gasteiger charge is -2.08. The molecule has 0 aliphatic carbocycles. The standard InChI is InChI=1S/C10H6ClF3O/c1-2-9(15)7-5-6(10(12,13)14)3-4-8(7)11/h2-5H,1H2. The average Bonchev–Trinajstić information content (AvgIpc) is 2.15. The zero-order valence-electron chi connectivity index (χ0n) is 7.44. The van der Waals surface area contributed by atoms with Crippen LogP contribution in [0.5, 0.6) is 0 Å². The number of allylic oxidation sites excluding steroid dienone is 1. The van der Waals surface area contributed by atoms with Gasteiger partial charge in [0.1, 0.15) is 0 Å². The van der Waals surface area contributed by atoms with E-state index < -0.39 is 17.5 Å². The monoisotopic (exact) mass is 234 g/mol. The van der Waals surface area contributed by atoms with Crippen molar-refractivity contribution >= 4 is 17.4 Å². The largest absolute Gasteiger partial charge is 0.416 e. The Morgan fingerprint density at radius 1 is 1.40 bits per heavy atom. The van der Waals surface area contributed by atoms with Gasteiger partial charge in [-0.3, -0.25) is 4.79 Å². The van der Waals surface area contributed by atoms with Gasteiger partial charge < -0.3 is 0 Å². The van der Waals surface area contributed by atoms with E-state index in [4.69, 9.17) is 11.6 Å². The molecule has 5 heteroatoms. The number of carbonyl (C=O) groups excluding carboxylic acids is 1. The number of carbonyl (C=O) groups is 1. The van der Waals surface area contributed by atoms with E-state index in [1.54, 1.807) is 0 Å². The van der Waals surface area contributed by atoms with Crippen LogP contribution in [0, 0.1) is 0 Å². The molecular weight excluding hydrogens is 229 g/mol. The summed E-state index contributed by atoms with van der Waals surface area (Å²) in [7, 11) is 0. The Bertz CT molecular complexity index is 410. The Kier molecular flexibility index (Phi) is 3.19. The van der Waals surface area contributed by atoms with Crippen LogP contribution in [-0.4, -0.2) is 5.78 Å². The summed E-state index contributed by atoms with van der Waals surface area (Å²) in [6.45, 7) is 3.18. The van der Waals surface area contributed by atoms with Crippen molar-refractivity contribution in [1.29, 1.82) is 0 Å². The maximum Gasteiger partial charge on any atom is 0.416 e. The van der Waals surface area contributed by atoms with Gasteiger partial charge in [-0.2, -0.15) is 13.2 Å². The molecule has 0 bridgehead atoms. The first-order chi connectivity index (χ1) is 6.86. The molecule has 1 aromatic carbocycles. The summed E-state index contributed by atoms with van der Waals surface area (Å²) >= 11 is 5.58. The normalized spacial score (nSPS) is 11.2. The Labute approximate surface area is 89.2 Å². The van der Waals surface area contributed by atoms with Gasteiger partial charge in [-0.15, -0.1) is 0 Å². The van der Waals surface area contributed by atoms with Gasteiger partial charge in [-0.25, -0.2) is 0 Å². The Balaban J connectivity index is 3.29. The van der Waals surface area contributed by atoms with Crippen LogP contribution < -0.4 is 0 Å². The molecule has 1 nitrogen and oxygen atoms in total. The number of hydrogen-bond acceptors (Lipinski definition) is 1. The fourth-order valence-corrected chi connectivity index (χ4v) is 1.21. The van der Waals surface area contributed by atoms with Crippen molar-refractivity contribution in [3.63, 3.8) is 0 Å². The zero-order chi connectivity index (χ0) is 11.6. The summed E-state index contributed by atoms with van der Waals surface area (Å²) < 4.78 is 36.9.